The van der Waals surface area contributed by atoms with Gasteiger partial charge in [-0.25, -0.2) is 15.0 Å². The first-order chi connectivity index (χ1) is 12.2. The minimum Gasteiger partial charge on any atom is -0.494 e. The maximum atomic E-state index is 5.46. The molecular formula is C18H17N5OS. The van der Waals surface area contributed by atoms with E-state index in [4.69, 9.17) is 4.74 Å². The van der Waals surface area contributed by atoms with E-state index in [1.54, 1.807) is 17.5 Å². The zero-order valence-electron chi connectivity index (χ0n) is 13.9. The van der Waals surface area contributed by atoms with Gasteiger partial charge in [0.25, 0.3) is 0 Å². The fraction of sp³-hybridized carbons (Fsp3) is 0.167. The Kier molecular flexibility index (Phi) is 4.07. The van der Waals surface area contributed by atoms with E-state index in [1.165, 1.54) is 0 Å². The van der Waals surface area contributed by atoms with Gasteiger partial charge in [0.2, 0.25) is 5.78 Å². The second-order valence-electron chi connectivity index (χ2n) is 5.57. The predicted octanol–water partition coefficient (Wildman–Crippen LogP) is 4.30. The smallest absolute Gasteiger partial charge is 0.234 e. The topological polar surface area (TPSA) is 64.3 Å². The number of ether oxygens (including phenoxy) is 1. The summed E-state index contributed by atoms with van der Waals surface area (Å²) in [5.74, 6) is 1.54. The van der Waals surface area contributed by atoms with Gasteiger partial charge in [0.1, 0.15) is 11.4 Å². The number of nitrogens with zero attached hydrogens (tertiary/aromatic N) is 4. The normalized spacial score (nSPS) is 11.0. The van der Waals surface area contributed by atoms with Crippen LogP contribution in [0.1, 0.15) is 12.5 Å². The number of rotatable bonds is 5. The van der Waals surface area contributed by atoms with E-state index in [0.29, 0.717) is 12.4 Å². The summed E-state index contributed by atoms with van der Waals surface area (Å²) in [5, 5.41) is 6.17. The van der Waals surface area contributed by atoms with Crippen LogP contribution in [0.2, 0.25) is 0 Å². The lowest BCUT2D eigenvalue weighted by molar-refractivity contribution is 0.340. The SMILES string of the molecule is CCOc1ccc(Nc2nc(-c3cnc4ncc(C)cn34)cs2)cc1. The van der Waals surface area contributed by atoms with E-state index < -0.39 is 0 Å². The Hall–Kier alpha value is -2.93. The molecule has 0 saturated carbocycles. The Balaban J connectivity index is 1.58. The molecule has 3 heterocycles. The Bertz CT molecular complexity index is 1010. The fourth-order valence-electron chi connectivity index (χ4n) is 2.53. The van der Waals surface area contributed by atoms with Crippen molar-refractivity contribution in [2.75, 3.05) is 11.9 Å². The zero-order chi connectivity index (χ0) is 17.2. The molecule has 0 radical (unpaired) electrons. The van der Waals surface area contributed by atoms with E-state index in [2.05, 4.69) is 20.3 Å². The van der Waals surface area contributed by atoms with Crippen LogP contribution < -0.4 is 10.1 Å². The molecule has 0 aliphatic rings. The van der Waals surface area contributed by atoms with Gasteiger partial charge in [-0.05, 0) is 43.7 Å². The molecule has 0 saturated heterocycles. The van der Waals surface area contributed by atoms with Crippen molar-refractivity contribution >= 4 is 27.9 Å². The van der Waals surface area contributed by atoms with Crippen LogP contribution in [0.5, 0.6) is 5.75 Å². The minimum atomic E-state index is 0.663. The molecule has 25 heavy (non-hydrogen) atoms. The highest BCUT2D eigenvalue weighted by Gasteiger charge is 2.11. The monoisotopic (exact) mass is 351 g/mol. The maximum Gasteiger partial charge on any atom is 0.234 e. The van der Waals surface area contributed by atoms with E-state index in [9.17, 15) is 0 Å². The second-order valence-corrected chi connectivity index (χ2v) is 6.42. The van der Waals surface area contributed by atoms with Crippen molar-refractivity contribution in [3.63, 3.8) is 0 Å². The summed E-state index contributed by atoms with van der Waals surface area (Å²) < 4.78 is 7.42. The number of benzene rings is 1. The van der Waals surface area contributed by atoms with Crippen LogP contribution in [0.25, 0.3) is 17.2 Å². The molecule has 1 aromatic carbocycles. The van der Waals surface area contributed by atoms with Crippen molar-refractivity contribution < 1.29 is 4.74 Å². The molecule has 0 spiro atoms. The van der Waals surface area contributed by atoms with Gasteiger partial charge >= 0.3 is 0 Å². The third-order valence-electron chi connectivity index (χ3n) is 3.68. The van der Waals surface area contributed by atoms with Crippen LogP contribution in [-0.4, -0.2) is 26.0 Å². The summed E-state index contributed by atoms with van der Waals surface area (Å²) in [5.41, 5.74) is 3.86. The van der Waals surface area contributed by atoms with Crippen molar-refractivity contribution in [2.24, 2.45) is 0 Å². The maximum absolute atomic E-state index is 5.46. The Morgan fingerprint density at radius 3 is 2.76 bits per heavy atom. The molecule has 1 N–H and O–H groups in total. The van der Waals surface area contributed by atoms with Crippen molar-refractivity contribution in [3.05, 3.63) is 53.8 Å². The zero-order valence-corrected chi connectivity index (χ0v) is 14.7. The molecule has 0 aliphatic carbocycles. The van der Waals surface area contributed by atoms with Crippen LogP contribution in [0.4, 0.5) is 10.8 Å². The van der Waals surface area contributed by atoms with Crippen molar-refractivity contribution in [1.29, 1.82) is 0 Å². The number of thiazole rings is 1. The first-order valence-corrected chi connectivity index (χ1v) is 8.86. The van der Waals surface area contributed by atoms with Crippen molar-refractivity contribution in [1.82, 2.24) is 19.4 Å². The molecule has 0 atom stereocenters. The standard InChI is InChI=1S/C18H17N5OS/c1-3-24-14-6-4-13(5-7-14)21-18-22-15(11-25-18)16-9-20-17-19-8-12(2)10-23(16)17/h4-11H,3H2,1-2H3,(H,21,22). The predicted molar refractivity (Wildman–Crippen MR) is 99.7 cm³/mol. The number of nitrogens with one attached hydrogen (secondary N) is 1. The van der Waals surface area contributed by atoms with Gasteiger partial charge < -0.3 is 10.1 Å². The van der Waals surface area contributed by atoms with Gasteiger partial charge in [-0.3, -0.25) is 4.40 Å². The van der Waals surface area contributed by atoms with E-state index in [0.717, 1.165) is 33.5 Å². The fourth-order valence-corrected chi connectivity index (χ4v) is 3.26. The van der Waals surface area contributed by atoms with E-state index in [1.807, 2.05) is 60.3 Å². The molecule has 3 aromatic heterocycles. The molecule has 4 rings (SSSR count). The summed E-state index contributed by atoms with van der Waals surface area (Å²) in [6.07, 6.45) is 5.63. The molecule has 0 fully saturated rings. The van der Waals surface area contributed by atoms with E-state index in [-0.39, 0.29) is 0 Å². The van der Waals surface area contributed by atoms with Crippen LogP contribution >= 0.6 is 11.3 Å². The molecule has 0 aliphatic heterocycles. The highest BCUT2D eigenvalue weighted by Crippen LogP contribution is 2.28. The Morgan fingerprint density at radius 1 is 1.16 bits per heavy atom. The summed E-state index contributed by atoms with van der Waals surface area (Å²) in [6.45, 7) is 4.65. The quantitative estimate of drug-likeness (QED) is 0.581. The van der Waals surface area contributed by atoms with Crippen LogP contribution in [0, 0.1) is 6.92 Å². The molecule has 7 heteroatoms. The van der Waals surface area contributed by atoms with Crippen molar-refractivity contribution in [2.45, 2.75) is 13.8 Å². The number of hydrogen-bond acceptors (Lipinski definition) is 6. The first-order valence-electron chi connectivity index (χ1n) is 7.98. The largest absolute Gasteiger partial charge is 0.494 e. The summed E-state index contributed by atoms with van der Waals surface area (Å²) in [7, 11) is 0. The molecular weight excluding hydrogens is 334 g/mol. The average molecular weight is 351 g/mol. The van der Waals surface area contributed by atoms with Gasteiger partial charge in [-0.1, -0.05) is 0 Å². The van der Waals surface area contributed by atoms with E-state index >= 15 is 0 Å². The number of fused-ring (bicyclic) bond motifs is 1. The van der Waals surface area contributed by atoms with Crippen LogP contribution in [-0.2, 0) is 0 Å². The summed E-state index contributed by atoms with van der Waals surface area (Å²) >= 11 is 1.55. The first kappa shape index (κ1) is 15.6. The number of imidazole rings is 1. The highest BCUT2D eigenvalue weighted by atomic mass is 32.1. The average Bonchev–Trinajstić information content (AvgIpc) is 3.23. The van der Waals surface area contributed by atoms with Crippen LogP contribution in [0.15, 0.2) is 48.2 Å². The van der Waals surface area contributed by atoms with Gasteiger partial charge in [0.15, 0.2) is 5.13 Å². The van der Waals surface area contributed by atoms with Gasteiger partial charge in [-0.15, -0.1) is 11.3 Å². The number of aromatic nitrogens is 4. The molecule has 4 aromatic rings. The second kappa shape index (κ2) is 6.52. The van der Waals surface area contributed by atoms with Crippen LogP contribution in [0.3, 0.4) is 0 Å². The number of hydrogen-bond donors (Lipinski definition) is 1. The molecule has 126 valence electrons. The number of anilines is 2. The van der Waals surface area contributed by atoms with Gasteiger partial charge in [0, 0.05) is 23.5 Å². The molecule has 0 bridgehead atoms. The minimum absolute atomic E-state index is 0.663. The third-order valence-corrected chi connectivity index (χ3v) is 4.43. The number of aryl methyl sites for hydroxylation is 1. The lowest BCUT2D eigenvalue weighted by atomic mass is 10.3. The third kappa shape index (κ3) is 3.18. The highest BCUT2D eigenvalue weighted by molar-refractivity contribution is 7.14. The summed E-state index contributed by atoms with van der Waals surface area (Å²) in [6, 6.07) is 7.85. The van der Waals surface area contributed by atoms with Crippen molar-refractivity contribution in [3.8, 4) is 17.1 Å². The Labute approximate surface area is 149 Å². The lowest BCUT2D eigenvalue weighted by Crippen LogP contribution is -1.94. The van der Waals surface area contributed by atoms with Gasteiger partial charge in [0.05, 0.1) is 18.5 Å². The van der Waals surface area contributed by atoms with Gasteiger partial charge in [-0.2, -0.15) is 0 Å². The molecule has 6 nitrogen and oxygen atoms in total. The molecule has 0 amide bonds. The Morgan fingerprint density at radius 2 is 1.96 bits per heavy atom. The summed E-state index contributed by atoms with van der Waals surface area (Å²) in [4.78, 5) is 13.3. The lowest BCUT2D eigenvalue weighted by Gasteiger charge is -2.05. The molecule has 0 unspecified atom stereocenters.